The first kappa shape index (κ1) is 21.6. The van der Waals surface area contributed by atoms with Crippen molar-refractivity contribution in [2.75, 3.05) is 11.9 Å². The van der Waals surface area contributed by atoms with E-state index in [9.17, 15) is 10.1 Å². The second kappa shape index (κ2) is 8.71. The van der Waals surface area contributed by atoms with Gasteiger partial charge >= 0.3 is 0 Å². The number of ether oxygens (including phenoxy) is 1. The van der Waals surface area contributed by atoms with Crippen LogP contribution in [0.25, 0.3) is 21.9 Å². The minimum Gasteiger partial charge on any atom is -0.378 e. The third-order valence-electron chi connectivity index (χ3n) is 6.78. The zero-order valence-corrected chi connectivity index (χ0v) is 19.4. The summed E-state index contributed by atoms with van der Waals surface area (Å²) in [6.07, 6.45) is 7.52. The van der Waals surface area contributed by atoms with Crippen LogP contribution in [0.2, 0.25) is 0 Å². The first-order chi connectivity index (χ1) is 17.1. The molecule has 176 valence electrons. The summed E-state index contributed by atoms with van der Waals surface area (Å²) in [5, 5.41) is 13.2. The van der Waals surface area contributed by atoms with Gasteiger partial charge in [-0.15, -0.1) is 0 Å². The molecular weight excluding hydrogens is 442 g/mol. The number of nitrogens with zero attached hydrogens (tertiary/aromatic N) is 6. The lowest BCUT2D eigenvalue weighted by Gasteiger charge is -2.30. The molecule has 0 bridgehead atoms. The maximum absolute atomic E-state index is 13.1. The number of carbonyl (C=O) groups excluding carboxylic acids is 1. The Morgan fingerprint density at radius 3 is 2.89 bits per heavy atom. The molecule has 1 aromatic carbocycles. The van der Waals surface area contributed by atoms with Crippen LogP contribution in [-0.2, 0) is 16.0 Å². The van der Waals surface area contributed by atoms with Gasteiger partial charge in [0, 0.05) is 35.8 Å². The molecule has 35 heavy (non-hydrogen) atoms. The molecule has 0 spiro atoms. The Hall–Kier alpha value is -3.90. The van der Waals surface area contributed by atoms with E-state index in [1.165, 1.54) is 0 Å². The number of amides is 1. The maximum atomic E-state index is 13.1. The van der Waals surface area contributed by atoms with Gasteiger partial charge in [-0.2, -0.15) is 5.26 Å². The molecule has 1 aliphatic carbocycles. The Labute approximate surface area is 202 Å². The van der Waals surface area contributed by atoms with Crippen molar-refractivity contribution in [1.82, 2.24) is 24.5 Å². The van der Waals surface area contributed by atoms with Crippen molar-refractivity contribution in [3.63, 3.8) is 0 Å². The summed E-state index contributed by atoms with van der Waals surface area (Å²) in [6.45, 7) is 2.71. The summed E-state index contributed by atoms with van der Waals surface area (Å²) >= 11 is 0. The lowest BCUT2D eigenvalue weighted by Crippen LogP contribution is -2.28. The van der Waals surface area contributed by atoms with Crippen molar-refractivity contribution < 1.29 is 9.53 Å². The van der Waals surface area contributed by atoms with Crippen molar-refractivity contribution >= 4 is 33.8 Å². The number of nitriles is 1. The molecule has 9 nitrogen and oxygen atoms in total. The summed E-state index contributed by atoms with van der Waals surface area (Å²) in [5.41, 5.74) is 3.94. The van der Waals surface area contributed by atoms with Gasteiger partial charge in [-0.3, -0.25) is 15.1 Å². The first-order valence-corrected chi connectivity index (χ1v) is 12.0. The average molecular weight is 468 g/mol. The molecule has 2 aliphatic rings. The highest BCUT2D eigenvalue weighted by atomic mass is 16.5. The summed E-state index contributed by atoms with van der Waals surface area (Å²) in [4.78, 5) is 31.2. The molecule has 1 N–H and O–H groups in total. The zero-order valence-electron chi connectivity index (χ0n) is 19.4. The summed E-state index contributed by atoms with van der Waals surface area (Å²) in [6, 6.07) is 9.72. The number of imidazole rings is 1. The number of benzene rings is 1. The quantitative estimate of drug-likeness (QED) is 0.470. The highest BCUT2D eigenvalue weighted by Gasteiger charge is 2.28. The molecule has 0 radical (unpaired) electrons. The van der Waals surface area contributed by atoms with Gasteiger partial charge in [0.25, 0.3) is 0 Å². The minimum atomic E-state index is -0.218. The van der Waals surface area contributed by atoms with Gasteiger partial charge in [-0.1, -0.05) is 0 Å². The van der Waals surface area contributed by atoms with E-state index in [1.54, 1.807) is 18.5 Å². The number of hydrogen-bond donors (Lipinski definition) is 1. The fraction of sp³-hybridized carbons (Fsp3) is 0.385. The maximum Gasteiger partial charge on any atom is 0.234 e. The van der Waals surface area contributed by atoms with E-state index >= 15 is 0 Å². The smallest absolute Gasteiger partial charge is 0.234 e. The number of pyridine rings is 1. The van der Waals surface area contributed by atoms with Gasteiger partial charge in [0.1, 0.15) is 11.3 Å². The number of hydrogen-bond acceptors (Lipinski definition) is 7. The standard InChI is InChI=1S/C26H25N7O2/c1-15-10-18(7-9-35-15)33-23(12-24(34)32-26-28-8-6-20(31-26)17-3-4-17)30-22-14-29-21-5-2-16(13-27)11-19(21)25(22)33/h2,5-6,8,11,14-15,17-18H,3-4,7,9-10,12H2,1H3,(H,28,31,32,34)/t15-,18-/m1/s1. The van der Waals surface area contributed by atoms with E-state index in [2.05, 4.69) is 37.8 Å². The molecule has 2 atom stereocenters. The monoisotopic (exact) mass is 467 g/mol. The molecule has 6 rings (SSSR count). The number of nitrogens with one attached hydrogen (secondary N) is 1. The predicted octanol–water partition coefficient (Wildman–Crippen LogP) is 4.04. The summed E-state index contributed by atoms with van der Waals surface area (Å²) in [5.74, 6) is 1.25. The van der Waals surface area contributed by atoms with Gasteiger partial charge < -0.3 is 9.30 Å². The highest BCUT2D eigenvalue weighted by Crippen LogP contribution is 2.39. The average Bonchev–Trinajstić information content (AvgIpc) is 3.65. The van der Waals surface area contributed by atoms with E-state index in [0.29, 0.717) is 35.4 Å². The van der Waals surface area contributed by atoms with Crippen LogP contribution < -0.4 is 5.32 Å². The number of aromatic nitrogens is 5. The molecular formula is C26H25N7O2. The fourth-order valence-electron chi connectivity index (χ4n) is 4.97. The number of anilines is 1. The first-order valence-electron chi connectivity index (χ1n) is 12.0. The number of rotatable bonds is 5. The molecule has 1 saturated heterocycles. The molecule has 1 amide bonds. The molecule has 3 aromatic heterocycles. The largest absolute Gasteiger partial charge is 0.378 e. The fourth-order valence-corrected chi connectivity index (χ4v) is 4.97. The Bertz CT molecular complexity index is 1480. The Morgan fingerprint density at radius 1 is 1.20 bits per heavy atom. The van der Waals surface area contributed by atoms with Crippen molar-refractivity contribution in [2.45, 2.75) is 57.1 Å². The molecule has 2 fully saturated rings. The van der Waals surface area contributed by atoms with Crippen molar-refractivity contribution in [3.05, 3.63) is 53.7 Å². The Balaban J connectivity index is 1.40. The summed E-state index contributed by atoms with van der Waals surface area (Å²) < 4.78 is 7.96. The third-order valence-corrected chi connectivity index (χ3v) is 6.78. The van der Waals surface area contributed by atoms with Crippen molar-refractivity contribution in [2.24, 2.45) is 0 Å². The molecule has 9 heteroatoms. The van der Waals surface area contributed by atoms with Crippen LogP contribution in [0.15, 0.2) is 36.7 Å². The van der Waals surface area contributed by atoms with Gasteiger partial charge in [-0.05, 0) is 56.9 Å². The van der Waals surface area contributed by atoms with Gasteiger partial charge in [0.05, 0.1) is 41.4 Å². The Morgan fingerprint density at radius 2 is 2.09 bits per heavy atom. The third kappa shape index (κ3) is 4.21. The number of fused-ring (bicyclic) bond motifs is 3. The van der Waals surface area contributed by atoms with E-state index < -0.39 is 0 Å². The lowest BCUT2D eigenvalue weighted by molar-refractivity contribution is -0.115. The van der Waals surface area contributed by atoms with Crippen LogP contribution in [0.5, 0.6) is 0 Å². The van der Waals surface area contributed by atoms with Gasteiger partial charge in [0.2, 0.25) is 11.9 Å². The lowest BCUT2D eigenvalue weighted by atomic mass is 10.0. The summed E-state index contributed by atoms with van der Waals surface area (Å²) in [7, 11) is 0. The highest BCUT2D eigenvalue weighted by molar-refractivity contribution is 6.03. The van der Waals surface area contributed by atoms with Crippen LogP contribution in [0, 0.1) is 11.3 Å². The van der Waals surface area contributed by atoms with Crippen molar-refractivity contribution in [1.29, 1.82) is 5.26 Å². The van der Waals surface area contributed by atoms with E-state index in [-0.39, 0.29) is 24.5 Å². The molecule has 1 saturated carbocycles. The molecule has 1 aliphatic heterocycles. The number of carbonyl (C=O) groups is 1. The van der Waals surface area contributed by atoms with Gasteiger partial charge in [0.15, 0.2) is 0 Å². The second-order valence-corrected chi connectivity index (χ2v) is 9.40. The van der Waals surface area contributed by atoms with E-state index in [4.69, 9.17) is 9.72 Å². The molecule has 0 unspecified atom stereocenters. The zero-order chi connectivity index (χ0) is 23.9. The van der Waals surface area contributed by atoms with Crippen LogP contribution in [-0.4, -0.2) is 43.1 Å². The van der Waals surface area contributed by atoms with Crippen molar-refractivity contribution in [3.8, 4) is 6.07 Å². The topological polar surface area (TPSA) is 119 Å². The predicted molar refractivity (Wildman–Crippen MR) is 130 cm³/mol. The molecule has 4 aromatic rings. The Kier molecular flexibility index (Phi) is 5.38. The normalized spacial score (nSPS) is 20.1. The van der Waals surface area contributed by atoms with Crippen LogP contribution in [0.4, 0.5) is 5.95 Å². The van der Waals surface area contributed by atoms with E-state index in [1.807, 2.05) is 18.2 Å². The van der Waals surface area contributed by atoms with Crippen LogP contribution in [0.1, 0.15) is 61.6 Å². The molecule has 4 heterocycles. The SMILES string of the molecule is C[C@@H]1C[C@H](n2c(CC(=O)Nc3nccc(C4CC4)n3)nc3cnc4ccc(C#N)cc4c32)CCO1. The van der Waals surface area contributed by atoms with Crippen LogP contribution in [0.3, 0.4) is 0 Å². The second-order valence-electron chi connectivity index (χ2n) is 9.40. The van der Waals surface area contributed by atoms with Gasteiger partial charge in [-0.25, -0.2) is 15.0 Å². The van der Waals surface area contributed by atoms with E-state index in [0.717, 1.165) is 47.8 Å². The minimum absolute atomic E-state index is 0.0802. The van der Waals surface area contributed by atoms with Crippen LogP contribution >= 0.6 is 0 Å².